The standard InChI is InChI=1S/C14H23ClN2S/c1-3-8-16-12-5-4-9-17(10-12)11(2)13-6-7-14(15)18-13/h6-7,11-12,16H,3-5,8-10H2,1-2H3. The van der Waals surface area contributed by atoms with Crippen LogP contribution >= 0.6 is 22.9 Å². The number of nitrogens with zero attached hydrogens (tertiary/aromatic N) is 1. The van der Waals surface area contributed by atoms with Gasteiger partial charge in [0.1, 0.15) is 0 Å². The van der Waals surface area contributed by atoms with Crippen molar-refractivity contribution in [1.82, 2.24) is 10.2 Å². The minimum absolute atomic E-state index is 0.494. The van der Waals surface area contributed by atoms with Gasteiger partial charge in [-0.3, -0.25) is 4.90 Å². The maximum absolute atomic E-state index is 6.03. The average Bonchev–Trinajstić information content (AvgIpc) is 2.82. The molecular formula is C14H23ClN2S. The highest BCUT2D eigenvalue weighted by Crippen LogP contribution is 2.31. The lowest BCUT2D eigenvalue weighted by Gasteiger charge is -2.36. The van der Waals surface area contributed by atoms with Crippen LogP contribution in [0.3, 0.4) is 0 Å². The molecule has 0 saturated carbocycles. The van der Waals surface area contributed by atoms with Gasteiger partial charge in [0, 0.05) is 23.5 Å². The Labute approximate surface area is 119 Å². The summed E-state index contributed by atoms with van der Waals surface area (Å²) in [5.41, 5.74) is 0. The van der Waals surface area contributed by atoms with Gasteiger partial charge in [-0.2, -0.15) is 0 Å². The smallest absolute Gasteiger partial charge is 0.0931 e. The van der Waals surface area contributed by atoms with Gasteiger partial charge in [0.05, 0.1) is 4.34 Å². The number of halogens is 1. The van der Waals surface area contributed by atoms with Crippen LogP contribution in [0.15, 0.2) is 12.1 Å². The number of hydrogen-bond acceptors (Lipinski definition) is 3. The minimum atomic E-state index is 0.494. The topological polar surface area (TPSA) is 15.3 Å². The minimum Gasteiger partial charge on any atom is -0.313 e. The van der Waals surface area contributed by atoms with Crippen LogP contribution in [0, 0.1) is 0 Å². The van der Waals surface area contributed by atoms with Gasteiger partial charge >= 0.3 is 0 Å². The Kier molecular flexibility index (Phi) is 5.49. The van der Waals surface area contributed by atoms with E-state index in [0.29, 0.717) is 12.1 Å². The van der Waals surface area contributed by atoms with E-state index >= 15 is 0 Å². The highest BCUT2D eigenvalue weighted by molar-refractivity contribution is 7.16. The maximum Gasteiger partial charge on any atom is 0.0931 e. The van der Waals surface area contributed by atoms with Crippen molar-refractivity contribution in [1.29, 1.82) is 0 Å². The molecule has 18 heavy (non-hydrogen) atoms. The normalized spacial score (nSPS) is 23.2. The van der Waals surface area contributed by atoms with Crippen LogP contribution in [0.4, 0.5) is 0 Å². The fourth-order valence-corrected chi connectivity index (χ4v) is 3.75. The van der Waals surface area contributed by atoms with E-state index in [0.717, 1.165) is 17.4 Å². The van der Waals surface area contributed by atoms with Gasteiger partial charge in [-0.25, -0.2) is 0 Å². The summed E-state index contributed by atoms with van der Waals surface area (Å²) in [5.74, 6) is 0. The van der Waals surface area contributed by atoms with Gasteiger partial charge in [-0.05, 0) is 51.4 Å². The van der Waals surface area contributed by atoms with Crippen molar-refractivity contribution in [2.75, 3.05) is 19.6 Å². The Morgan fingerprint density at radius 3 is 3.06 bits per heavy atom. The maximum atomic E-state index is 6.03. The number of hydrogen-bond donors (Lipinski definition) is 1. The van der Waals surface area contributed by atoms with Crippen molar-refractivity contribution in [3.05, 3.63) is 21.3 Å². The molecule has 1 aliphatic heterocycles. The van der Waals surface area contributed by atoms with Crippen molar-refractivity contribution in [3.8, 4) is 0 Å². The van der Waals surface area contributed by atoms with Crippen LogP contribution < -0.4 is 5.32 Å². The van der Waals surface area contributed by atoms with Gasteiger partial charge in [0.15, 0.2) is 0 Å². The lowest BCUT2D eigenvalue weighted by atomic mass is 10.0. The zero-order chi connectivity index (χ0) is 13.0. The third-order valence-electron chi connectivity index (χ3n) is 3.69. The van der Waals surface area contributed by atoms with Gasteiger partial charge in [-0.15, -0.1) is 11.3 Å². The molecule has 0 aliphatic carbocycles. The zero-order valence-corrected chi connectivity index (χ0v) is 12.9. The lowest BCUT2D eigenvalue weighted by Crippen LogP contribution is -2.46. The molecule has 2 atom stereocenters. The SMILES string of the molecule is CCCNC1CCCN(C(C)c2ccc(Cl)s2)C1. The number of piperidine rings is 1. The number of likely N-dealkylation sites (tertiary alicyclic amines) is 1. The molecule has 2 heterocycles. The fraction of sp³-hybridized carbons (Fsp3) is 0.714. The Morgan fingerprint density at radius 1 is 1.56 bits per heavy atom. The molecule has 0 spiro atoms. The monoisotopic (exact) mass is 286 g/mol. The van der Waals surface area contributed by atoms with Crippen molar-refractivity contribution in [3.63, 3.8) is 0 Å². The highest BCUT2D eigenvalue weighted by Gasteiger charge is 2.24. The Hall–Kier alpha value is -0.0900. The zero-order valence-electron chi connectivity index (χ0n) is 11.3. The molecule has 0 radical (unpaired) electrons. The van der Waals surface area contributed by atoms with Crippen LogP contribution in [-0.2, 0) is 0 Å². The molecule has 1 fully saturated rings. The van der Waals surface area contributed by atoms with Gasteiger partial charge in [0.2, 0.25) is 0 Å². The van der Waals surface area contributed by atoms with Crippen molar-refractivity contribution in [2.24, 2.45) is 0 Å². The molecule has 0 amide bonds. The van der Waals surface area contributed by atoms with E-state index in [1.54, 1.807) is 11.3 Å². The second-order valence-corrected chi connectivity index (χ2v) is 6.85. The van der Waals surface area contributed by atoms with Crippen molar-refractivity contribution < 1.29 is 0 Å². The predicted octanol–water partition coefficient (Wildman–Crippen LogP) is 3.93. The largest absolute Gasteiger partial charge is 0.313 e. The van der Waals surface area contributed by atoms with E-state index in [1.807, 2.05) is 6.07 Å². The fourth-order valence-electron chi connectivity index (χ4n) is 2.61. The summed E-state index contributed by atoms with van der Waals surface area (Å²) < 4.78 is 0.898. The number of rotatable bonds is 5. The first kappa shape index (κ1) is 14.3. The second kappa shape index (κ2) is 6.90. The highest BCUT2D eigenvalue weighted by atomic mass is 35.5. The summed E-state index contributed by atoms with van der Waals surface area (Å²) in [7, 11) is 0. The van der Waals surface area contributed by atoms with Gasteiger partial charge < -0.3 is 5.32 Å². The Bertz CT molecular complexity index is 366. The molecule has 1 aromatic heterocycles. The van der Waals surface area contributed by atoms with E-state index < -0.39 is 0 Å². The van der Waals surface area contributed by atoms with E-state index in [2.05, 4.69) is 30.1 Å². The molecule has 1 saturated heterocycles. The molecule has 1 aromatic rings. The van der Waals surface area contributed by atoms with Gasteiger partial charge in [-0.1, -0.05) is 18.5 Å². The summed E-state index contributed by atoms with van der Waals surface area (Å²) >= 11 is 7.74. The third-order valence-corrected chi connectivity index (χ3v) is 5.09. The van der Waals surface area contributed by atoms with Crippen LogP contribution in [0.5, 0.6) is 0 Å². The molecule has 2 rings (SSSR count). The molecule has 4 heteroatoms. The van der Waals surface area contributed by atoms with Crippen LogP contribution in [0.1, 0.15) is 44.0 Å². The van der Waals surface area contributed by atoms with Crippen LogP contribution in [-0.4, -0.2) is 30.6 Å². The molecule has 0 bridgehead atoms. The molecule has 1 N–H and O–H groups in total. The molecular weight excluding hydrogens is 264 g/mol. The number of thiophene rings is 1. The quantitative estimate of drug-likeness (QED) is 0.882. The number of nitrogens with one attached hydrogen (secondary N) is 1. The lowest BCUT2D eigenvalue weighted by molar-refractivity contribution is 0.148. The summed E-state index contributed by atoms with van der Waals surface area (Å²) in [6.45, 7) is 8.03. The van der Waals surface area contributed by atoms with Crippen molar-refractivity contribution >= 4 is 22.9 Å². The third kappa shape index (κ3) is 3.70. The first-order chi connectivity index (χ1) is 8.70. The predicted molar refractivity (Wildman–Crippen MR) is 80.6 cm³/mol. The van der Waals surface area contributed by atoms with Crippen LogP contribution in [0.2, 0.25) is 4.34 Å². The summed E-state index contributed by atoms with van der Waals surface area (Å²) in [6.07, 6.45) is 3.83. The Balaban J connectivity index is 1.91. The van der Waals surface area contributed by atoms with E-state index in [4.69, 9.17) is 11.6 Å². The summed E-state index contributed by atoms with van der Waals surface area (Å²) in [5, 5.41) is 3.65. The first-order valence-corrected chi connectivity index (χ1v) is 8.12. The van der Waals surface area contributed by atoms with Gasteiger partial charge in [0.25, 0.3) is 0 Å². The van der Waals surface area contributed by atoms with Crippen LogP contribution in [0.25, 0.3) is 0 Å². The summed E-state index contributed by atoms with van der Waals surface area (Å²) in [6, 6.07) is 5.33. The second-order valence-electron chi connectivity index (χ2n) is 5.11. The molecule has 2 unspecified atom stereocenters. The molecule has 2 nitrogen and oxygen atoms in total. The summed E-state index contributed by atoms with van der Waals surface area (Å²) in [4.78, 5) is 3.97. The Morgan fingerprint density at radius 2 is 2.39 bits per heavy atom. The van der Waals surface area contributed by atoms with E-state index in [9.17, 15) is 0 Å². The molecule has 1 aliphatic rings. The molecule has 0 aromatic carbocycles. The average molecular weight is 287 g/mol. The molecule has 102 valence electrons. The first-order valence-electron chi connectivity index (χ1n) is 6.93. The van der Waals surface area contributed by atoms with E-state index in [-0.39, 0.29) is 0 Å². The van der Waals surface area contributed by atoms with E-state index in [1.165, 1.54) is 30.7 Å². The van der Waals surface area contributed by atoms with Crippen molar-refractivity contribution in [2.45, 2.75) is 45.2 Å².